The molecule has 58 valence electrons. The van der Waals surface area contributed by atoms with Crippen molar-refractivity contribution in [1.29, 1.82) is 0 Å². The van der Waals surface area contributed by atoms with Gasteiger partial charge in [0.1, 0.15) is 0 Å². The SMILES string of the molecule is CCc1cc2cn[nH]c2cn1.[HH]. The Hall–Kier alpha value is -1.38. The Balaban J connectivity index is 0.000000720. The number of pyridine rings is 1. The molecule has 3 heteroatoms. The molecule has 2 rings (SSSR count). The fraction of sp³-hybridized carbons (Fsp3) is 0.250. The second kappa shape index (κ2) is 2.34. The van der Waals surface area contributed by atoms with Gasteiger partial charge in [0.15, 0.2) is 0 Å². The number of nitrogens with one attached hydrogen (secondary N) is 1. The molecule has 1 N–H and O–H groups in total. The maximum Gasteiger partial charge on any atom is 0.0833 e. The second-order valence-electron chi connectivity index (χ2n) is 2.49. The number of H-pyrrole nitrogens is 1. The zero-order valence-electron chi connectivity index (χ0n) is 6.33. The van der Waals surface area contributed by atoms with Crippen molar-refractivity contribution in [3.05, 3.63) is 24.2 Å². The highest BCUT2D eigenvalue weighted by molar-refractivity contribution is 5.76. The Morgan fingerprint density at radius 1 is 1.55 bits per heavy atom. The van der Waals surface area contributed by atoms with Gasteiger partial charge in [-0.05, 0) is 12.5 Å². The van der Waals surface area contributed by atoms with Crippen LogP contribution in [0.1, 0.15) is 14.0 Å². The van der Waals surface area contributed by atoms with Crippen molar-refractivity contribution in [3.8, 4) is 0 Å². The molecule has 0 saturated heterocycles. The molecule has 2 aromatic heterocycles. The molecule has 0 aliphatic carbocycles. The number of rotatable bonds is 1. The van der Waals surface area contributed by atoms with Crippen molar-refractivity contribution in [2.45, 2.75) is 13.3 Å². The summed E-state index contributed by atoms with van der Waals surface area (Å²) in [6.07, 6.45) is 4.61. The summed E-state index contributed by atoms with van der Waals surface area (Å²) in [5.74, 6) is 0. The van der Waals surface area contributed by atoms with Crippen LogP contribution in [0.3, 0.4) is 0 Å². The molecule has 0 atom stereocenters. The van der Waals surface area contributed by atoms with Crippen LogP contribution < -0.4 is 0 Å². The summed E-state index contributed by atoms with van der Waals surface area (Å²) in [4.78, 5) is 4.23. The van der Waals surface area contributed by atoms with Crippen molar-refractivity contribution in [2.24, 2.45) is 0 Å². The first-order valence-electron chi connectivity index (χ1n) is 3.68. The van der Waals surface area contributed by atoms with E-state index in [1.807, 2.05) is 12.4 Å². The van der Waals surface area contributed by atoms with Gasteiger partial charge in [-0.25, -0.2) is 0 Å². The molecule has 2 aromatic rings. The molecule has 0 saturated carbocycles. The van der Waals surface area contributed by atoms with Gasteiger partial charge < -0.3 is 0 Å². The second-order valence-corrected chi connectivity index (χ2v) is 2.49. The molecule has 0 aliphatic rings. The van der Waals surface area contributed by atoms with Gasteiger partial charge in [0, 0.05) is 12.5 Å². The van der Waals surface area contributed by atoms with E-state index in [4.69, 9.17) is 0 Å². The van der Waals surface area contributed by atoms with Crippen molar-refractivity contribution >= 4 is 10.9 Å². The summed E-state index contributed by atoms with van der Waals surface area (Å²) in [6.45, 7) is 2.09. The maximum atomic E-state index is 4.23. The fourth-order valence-electron chi connectivity index (χ4n) is 1.08. The Morgan fingerprint density at radius 3 is 3.27 bits per heavy atom. The van der Waals surface area contributed by atoms with Crippen LogP contribution in [-0.4, -0.2) is 15.2 Å². The van der Waals surface area contributed by atoms with Gasteiger partial charge in [0.05, 0.1) is 17.9 Å². The van der Waals surface area contributed by atoms with E-state index in [2.05, 4.69) is 28.2 Å². The summed E-state index contributed by atoms with van der Waals surface area (Å²) < 4.78 is 0. The van der Waals surface area contributed by atoms with Gasteiger partial charge in [-0.15, -0.1) is 0 Å². The molecule has 0 aromatic carbocycles. The third kappa shape index (κ3) is 0.981. The van der Waals surface area contributed by atoms with Crippen LogP contribution >= 0.6 is 0 Å². The summed E-state index contributed by atoms with van der Waals surface area (Å²) in [7, 11) is 0. The molecule has 0 spiro atoms. The summed E-state index contributed by atoms with van der Waals surface area (Å²) in [6, 6.07) is 2.05. The van der Waals surface area contributed by atoms with E-state index >= 15 is 0 Å². The minimum atomic E-state index is 0. The van der Waals surface area contributed by atoms with Crippen molar-refractivity contribution < 1.29 is 1.43 Å². The molecule has 0 fully saturated rings. The summed E-state index contributed by atoms with van der Waals surface area (Å²) in [5, 5.41) is 7.91. The molecule has 3 nitrogen and oxygen atoms in total. The lowest BCUT2D eigenvalue weighted by Crippen LogP contribution is -1.84. The molecule has 0 radical (unpaired) electrons. The largest absolute Gasteiger partial charge is 0.276 e. The number of fused-ring (bicyclic) bond motifs is 1. The summed E-state index contributed by atoms with van der Waals surface area (Å²) in [5.41, 5.74) is 2.11. The van der Waals surface area contributed by atoms with Gasteiger partial charge in [0.2, 0.25) is 0 Å². The highest BCUT2D eigenvalue weighted by Crippen LogP contribution is 2.09. The normalized spacial score (nSPS) is 10.6. The maximum absolute atomic E-state index is 4.23. The van der Waals surface area contributed by atoms with Gasteiger partial charge in [-0.3, -0.25) is 10.1 Å². The highest BCUT2D eigenvalue weighted by Gasteiger charge is 1.95. The minimum Gasteiger partial charge on any atom is -0.276 e. The van der Waals surface area contributed by atoms with Crippen molar-refractivity contribution in [3.63, 3.8) is 0 Å². The van der Waals surface area contributed by atoms with E-state index in [1.165, 1.54) is 0 Å². The van der Waals surface area contributed by atoms with Gasteiger partial charge >= 0.3 is 0 Å². The fourth-order valence-corrected chi connectivity index (χ4v) is 1.08. The smallest absolute Gasteiger partial charge is 0.0833 e. The van der Waals surface area contributed by atoms with Crippen LogP contribution in [0.15, 0.2) is 18.5 Å². The molecule has 0 unspecified atom stereocenters. The lowest BCUT2D eigenvalue weighted by Gasteiger charge is -1.92. The number of hydrogen-bond donors (Lipinski definition) is 1. The molecule has 11 heavy (non-hydrogen) atoms. The first-order chi connectivity index (χ1) is 5.40. The Kier molecular flexibility index (Phi) is 1.35. The zero-order chi connectivity index (χ0) is 7.68. The van der Waals surface area contributed by atoms with E-state index in [-0.39, 0.29) is 1.43 Å². The van der Waals surface area contributed by atoms with Crippen LogP contribution in [0.4, 0.5) is 0 Å². The van der Waals surface area contributed by atoms with Gasteiger partial charge in [-0.2, -0.15) is 5.10 Å². The molecular formula is C8H11N3. The van der Waals surface area contributed by atoms with E-state index in [9.17, 15) is 0 Å². The Bertz CT molecular complexity index is 369. The average molecular weight is 149 g/mol. The molecular weight excluding hydrogens is 138 g/mol. The molecule has 2 heterocycles. The lowest BCUT2D eigenvalue weighted by atomic mass is 10.2. The topological polar surface area (TPSA) is 41.6 Å². The molecule has 0 amide bonds. The van der Waals surface area contributed by atoms with Crippen molar-refractivity contribution in [1.82, 2.24) is 15.2 Å². The van der Waals surface area contributed by atoms with Crippen LogP contribution in [0.5, 0.6) is 0 Å². The van der Waals surface area contributed by atoms with E-state index in [1.54, 1.807) is 0 Å². The van der Waals surface area contributed by atoms with Crippen molar-refractivity contribution in [2.75, 3.05) is 0 Å². The average Bonchev–Trinajstić information content (AvgIpc) is 2.50. The third-order valence-corrected chi connectivity index (χ3v) is 1.74. The Labute approximate surface area is 65.9 Å². The predicted octanol–water partition coefficient (Wildman–Crippen LogP) is 1.77. The van der Waals surface area contributed by atoms with Gasteiger partial charge in [-0.1, -0.05) is 6.92 Å². The van der Waals surface area contributed by atoms with Crippen LogP contribution in [0.25, 0.3) is 10.9 Å². The summed E-state index contributed by atoms with van der Waals surface area (Å²) >= 11 is 0. The minimum absolute atomic E-state index is 0. The van der Waals surface area contributed by atoms with Crippen LogP contribution in [-0.2, 0) is 6.42 Å². The lowest BCUT2D eigenvalue weighted by molar-refractivity contribution is 1.04. The monoisotopic (exact) mass is 149 g/mol. The molecule has 0 bridgehead atoms. The number of aromatic nitrogens is 3. The van der Waals surface area contributed by atoms with Crippen LogP contribution in [0.2, 0.25) is 0 Å². The standard InChI is InChI=1S/C8H9N3.H2/c1-2-7-3-6-4-10-11-8(6)5-9-7;/h3-5H,2H2,1H3,(H,10,11);1H. The number of aromatic amines is 1. The van der Waals surface area contributed by atoms with E-state index in [0.717, 1.165) is 23.0 Å². The zero-order valence-corrected chi connectivity index (χ0v) is 6.33. The first-order valence-corrected chi connectivity index (χ1v) is 3.68. The van der Waals surface area contributed by atoms with E-state index in [0.29, 0.717) is 0 Å². The van der Waals surface area contributed by atoms with Gasteiger partial charge in [0.25, 0.3) is 0 Å². The Morgan fingerprint density at radius 2 is 2.45 bits per heavy atom. The highest BCUT2D eigenvalue weighted by atomic mass is 15.1. The number of nitrogens with zero attached hydrogens (tertiary/aromatic N) is 2. The van der Waals surface area contributed by atoms with Crippen LogP contribution in [0, 0.1) is 0 Å². The van der Waals surface area contributed by atoms with E-state index < -0.39 is 0 Å². The first kappa shape index (κ1) is 6.34. The number of hydrogen-bond acceptors (Lipinski definition) is 2. The molecule has 0 aliphatic heterocycles. The third-order valence-electron chi connectivity index (χ3n) is 1.74. The quantitative estimate of drug-likeness (QED) is 0.671. The number of aryl methyl sites for hydroxylation is 1. The predicted molar refractivity (Wildman–Crippen MR) is 45.4 cm³/mol.